The van der Waals surface area contributed by atoms with Gasteiger partial charge in [-0.1, -0.05) is 25.1 Å². The number of urea groups is 1. The van der Waals surface area contributed by atoms with Crippen molar-refractivity contribution in [3.05, 3.63) is 60.2 Å². The fourth-order valence-electron chi connectivity index (χ4n) is 3.03. The van der Waals surface area contributed by atoms with E-state index in [0.29, 0.717) is 18.9 Å². The number of hydrogen-bond acceptors (Lipinski definition) is 4. The molecule has 3 aromatic rings. The van der Waals surface area contributed by atoms with Gasteiger partial charge in [0, 0.05) is 32.4 Å². The van der Waals surface area contributed by atoms with Crippen LogP contribution >= 0.6 is 0 Å². The van der Waals surface area contributed by atoms with Gasteiger partial charge in [0.15, 0.2) is 11.5 Å². The third kappa shape index (κ3) is 4.20. The first kappa shape index (κ1) is 17.9. The Hall–Kier alpha value is -2.89. The lowest BCUT2D eigenvalue weighted by molar-refractivity contribution is 0.188. The van der Waals surface area contributed by atoms with E-state index in [4.69, 9.17) is 4.42 Å². The Labute approximate surface area is 153 Å². The Kier molecular flexibility index (Phi) is 5.84. The van der Waals surface area contributed by atoms with Crippen molar-refractivity contribution in [2.45, 2.75) is 32.2 Å². The van der Waals surface area contributed by atoms with E-state index in [0.717, 1.165) is 29.5 Å². The first-order valence-corrected chi connectivity index (χ1v) is 8.94. The minimum atomic E-state index is -0.0849. The largest absolute Gasteiger partial charge is 0.441 e. The van der Waals surface area contributed by atoms with Crippen LogP contribution in [-0.4, -0.2) is 34.5 Å². The Bertz CT molecular complexity index is 814. The van der Waals surface area contributed by atoms with Crippen molar-refractivity contribution >= 4 is 17.1 Å². The van der Waals surface area contributed by atoms with Crippen molar-refractivity contribution in [1.82, 2.24) is 20.2 Å². The molecule has 0 saturated heterocycles. The number of hydrogen-bond donors (Lipinski definition) is 1. The third-order valence-corrected chi connectivity index (χ3v) is 4.43. The van der Waals surface area contributed by atoms with Crippen molar-refractivity contribution in [1.29, 1.82) is 0 Å². The van der Waals surface area contributed by atoms with Gasteiger partial charge in [-0.2, -0.15) is 0 Å². The summed E-state index contributed by atoms with van der Waals surface area (Å²) >= 11 is 0. The number of carbonyl (C=O) groups excluding carboxylic acids is 1. The highest BCUT2D eigenvalue weighted by molar-refractivity contribution is 5.74. The lowest BCUT2D eigenvalue weighted by Crippen LogP contribution is -2.40. The summed E-state index contributed by atoms with van der Waals surface area (Å²) in [7, 11) is 1.82. The number of fused-ring (bicyclic) bond motifs is 1. The number of carbonyl (C=O) groups is 1. The van der Waals surface area contributed by atoms with Crippen LogP contribution in [0.25, 0.3) is 11.1 Å². The number of aromatic nitrogens is 2. The molecule has 0 aliphatic heterocycles. The maximum atomic E-state index is 12.4. The molecular weight excluding hydrogens is 328 g/mol. The van der Waals surface area contributed by atoms with E-state index in [-0.39, 0.29) is 12.1 Å². The number of para-hydroxylation sites is 2. The molecular formula is C20H24N4O2. The maximum absolute atomic E-state index is 12.4. The van der Waals surface area contributed by atoms with Crippen LogP contribution in [0.15, 0.2) is 53.2 Å². The van der Waals surface area contributed by atoms with Crippen LogP contribution in [0.2, 0.25) is 0 Å². The van der Waals surface area contributed by atoms with Crippen molar-refractivity contribution in [2.75, 3.05) is 13.6 Å². The summed E-state index contributed by atoms with van der Waals surface area (Å²) in [5.41, 5.74) is 2.71. The fourth-order valence-corrected chi connectivity index (χ4v) is 3.03. The van der Waals surface area contributed by atoms with E-state index in [1.54, 1.807) is 11.1 Å². The van der Waals surface area contributed by atoms with Crippen molar-refractivity contribution in [3.63, 3.8) is 0 Å². The second-order valence-electron chi connectivity index (χ2n) is 6.23. The standard InChI is InChI=1S/C20H24N4O2/c1-3-17(15-8-6-12-21-14-15)24(2)20(25)22-13-7-11-19-23-16-9-4-5-10-18(16)26-19/h4-6,8-10,12,14,17H,3,7,11,13H2,1-2H3,(H,22,25)/t17-/m1/s1. The molecule has 1 atom stereocenters. The van der Waals surface area contributed by atoms with Gasteiger partial charge in [-0.3, -0.25) is 4.98 Å². The molecule has 2 amide bonds. The van der Waals surface area contributed by atoms with E-state index < -0.39 is 0 Å². The molecule has 2 heterocycles. The van der Waals surface area contributed by atoms with E-state index in [1.807, 2.05) is 49.6 Å². The number of pyridine rings is 1. The number of nitrogens with one attached hydrogen (secondary N) is 1. The summed E-state index contributed by atoms with van der Waals surface area (Å²) in [4.78, 5) is 22.8. The average molecular weight is 352 g/mol. The zero-order valence-electron chi connectivity index (χ0n) is 15.2. The molecule has 0 aliphatic carbocycles. The molecule has 3 rings (SSSR count). The SMILES string of the molecule is CC[C@H](c1cccnc1)N(C)C(=O)NCCCc1nc2ccccc2o1. The average Bonchev–Trinajstić information content (AvgIpc) is 3.09. The summed E-state index contributed by atoms with van der Waals surface area (Å²) in [5.74, 6) is 0.704. The predicted molar refractivity (Wildman–Crippen MR) is 101 cm³/mol. The zero-order chi connectivity index (χ0) is 18.4. The summed E-state index contributed by atoms with van der Waals surface area (Å²) in [6.45, 7) is 2.64. The molecule has 136 valence electrons. The highest BCUT2D eigenvalue weighted by Gasteiger charge is 2.19. The van der Waals surface area contributed by atoms with Crippen molar-refractivity contribution in [2.24, 2.45) is 0 Å². The molecule has 0 fully saturated rings. The number of aryl methyl sites for hydroxylation is 1. The van der Waals surface area contributed by atoms with E-state index in [1.165, 1.54) is 0 Å². The third-order valence-electron chi connectivity index (χ3n) is 4.43. The molecule has 0 saturated carbocycles. The molecule has 0 spiro atoms. The maximum Gasteiger partial charge on any atom is 0.317 e. The molecule has 6 nitrogen and oxygen atoms in total. The van der Waals surface area contributed by atoms with Crippen molar-refractivity contribution < 1.29 is 9.21 Å². The fraction of sp³-hybridized carbons (Fsp3) is 0.350. The molecule has 1 aromatic carbocycles. The Morgan fingerprint density at radius 3 is 2.85 bits per heavy atom. The molecule has 0 bridgehead atoms. The van der Waals surface area contributed by atoms with Crippen LogP contribution in [0.5, 0.6) is 0 Å². The van der Waals surface area contributed by atoms with Crippen LogP contribution in [0.1, 0.15) is 37.3 Å². The smallest absolute Gasteiger partial charge is 0.317 e. The molecule has 6 heteroatoms. The normalized spacial score (nSPS) is 12.1. The number of amides is 2. The summed E-state index contributed by atoms with van der Waals surface area (Å²) in [6, 6.07) is 11.5. The topological polar surface area (TPSA) is 71.3 Å². The predicted octanol–water partition coefficient (Wildman–Crippen LogP) is 3.95. The lowest BCUT2D eigenvalue weighted by Gasteiger charge is -2.27. The lowest BCUT2D eigenvalue weighted by atomic mass is 10.1. The molecule has 2 aromatic heterocycles. The van der Waals surface area contributed by atoms with Crippen LogP contribution < -0.4 is 5.32 Å². The van der Waals surface area contributed by atoms with Gasteiger partial charge < -0.3 is 14.6 Å². The van der Waals surface area contributed by atoms with E-state index in [9.17, 15) is 4.79 Å². The number of benzene rings is 1. The zero-order valence-corrected chi connectivity index (χ0v) is 15.2. The molecule has 1 N–H and O–H groups in total. The molecule has 0 aliphatic rings. The Balaban J connectivity index is 1.48. The van der Waals surface area contributed by atoms with Gasteiger partial charge in [0.2, 0.25) is 0 Å². The van der Waals surface area contributed by atoms with Gasteiger partial charge in [-0.25, -0.2) is 9.78 Å². The molecule has 0 radical (unpaired) electrons. The minimum absolute atomic E-state index is 0.0146. The highest BCUT2D eigenvalue weighted by atomic mass is 16.3. The number of oxazole rings is 1. The molecule has 0 unspecified atom stereocenters. The summed E-state index contributed by atoms with van der Waals surface area (Å²) < 4.78 is 5.69. The van der Waals surface area contributed by atoms with Gasteiger partial charge in [0.25, 0.3) is 0 Å². The second kappa shape index (κ2) is 8.47. The number of rotatable bonds is 7. The number of nitrogens with zero attached hydrogens (tertiary/aromatic N) is 3. The monoisotopic (exact) mass is 352 g/mol. The van der Waals surface area contributed by atoms with Crippen LogP contribution in [-0.2, 0) is 6.42 Å². The quantitative estimate of drug-likeness (QED) is 0.654. The first-order chi connectivity index (χ1) is 12.7. The molecule has 26 heavy (non-hydrogen) atoms. The van der Waals surface area contributed by atoms with Crippen LogP contribution in [0.4, 0.5) is 4.79 Å². The van der Waals surface area contributed by atoms with E-state index in [2.05, 4.69) is 22.2 Å². The summed E-state index contributed by atoms with van der Waals surface area (Å²) in [5, 5.41) is 2.97. The van der Waals surface area contributed by atoms with E-state index >= 15 is 0 Å². The minimum Gasteiger partial charge on any atom is -0.441 e. The summed E-state index contributed by atoms with van der Waals surface area (Å²) in [6.07, 6.45) is 5.85. The van der Waals surface area contributed by atoms with Gasteiger partial charge in [0.1, 0.15) is 5.52 Å². The van der Waals surface area contributed by atoms with Gasteiger partial charge in [-0.05, 0) is 36.6 Å². The van der Waals surface area contributed by atoms with Crippen LogP contribution in [0.3, 0.4) is 0 Å². The second-order valence-corrected chi connectivity index (χ2v) is 6.23. The van der Waals surface area contributed by atoms with Gasteiger partial charge in [-0.15, -0.1) is 0 Å². The Morgan fingerprint density at radius 1 is 1.27 bits per heavy atom. The van der Waals surface area contributed by atoms with Gasteiger partial charge >= 0.3 is 6.03 Å². The van der Waals surface area contributed by atoms with Crippen molar-refractivity contribution in [3.8, 4) is 0 Å². The van der Waals surface area contributed by atoms with Gasteiger partial charge in [0.05, 0.1) is 6.04 Å². The first-order valence-electron chi connectivity index (χ1n) is 8.94. The highest BCUT2D eigenvalue weighted by Crippen LogP contribution is 2.21. The van der Waals surface area contributed by atoms with Crippen LogP contribution in [0, 0.1) is 0 Å². The Morgan fingerprint density at radius 2 is 2.12 bits per heavy atom.